The van der Waals surface area contributed by atoms with Gasteiger partial charge in [-0.1, -0.05) is 78.4 Å². The van der Waals surface area contributed by atoms with E-state index in [-0.39, 0.29) is 18.5 Å². The van der Waals surface area contributed by atoms with Crippen LogP contribution in [0.5, 0.6) is 5.75 Å². The third-order valence-electron chi connectivity index (χ3n) is 8.59. The van der Waals surface area contributed by atoms with Crippen molar-refractivity contribution in [2.75, 3.05) is 6.61 Å². The molecule has 0 aromatic heterocycles. The summed E-state index contributed by atoms with van der Waals surface area (Å²) in [6.07, 6.45) is -2.84. The summed E-state index contributed by atoms with van der Waals surface area (Å²) in [5.41, 5.74) is 0.705. The van der Waals surface area contributed by atoms with Crippen molar-refractivity contribution >= 4 is 0 Å². The molecule has 0 spiro atoms. The maximum absolute atomic E-state index is 13.9. The molecule has 0 saturated carbocycles. The van der Waals surface area contributed by atoms with E-state index in [4.69, 9.17) is 9.47 Å². The lowest BCUT2D eigenvalue weighted by Crippen LogP contribution is -2.70. The molecule has 0 N–H and O–H groups in total. The first kappa shape index (κ1) is 43.1. The van der Waals surface area contributed by atoms with Crippen LogP contribution in [0.15, 0.2) is 24.3 Å². The van der Waals surface area contributed by atoms with Crippen LogP contribution in [0.2, 0.25) is 0 Å². The Hall–Kier alpha value is -1.93. The van der Waals surface area contributed by atoms with Crippen molar-refractivity contribution in [3.05, 3.63) is 29.8 Å². The highest BCUT2D eigenvalue weighted by atomic mass is 19.4. The zero-order chi connectivity index (χ0) is 36.5. The third kappa shape index (κ3) is 11.0. The summed E-state index contributed by atoms with van der Waals surface area (Å²) in [5, 5.41) is 0. The molecule has 0 saturated heterocycles. The van der Waals surface area contributed by atoms with E-state index < -0.39 is 55.2 Å². The summed E-state index contributed by atoms with van der Waals surface area (Å²) in [6, 6.07) is 5.85. The highest BCUT2D eigenvalue weighted by molar-refractivity contribution is 5.26. The van der Waals surface area contributed by atoms with E-state index in [0.717, 1.165) is 25.2 Å². The first-order chi connectivity index (χ1) is 21.4. The molecule has 0 amide bonds. The largest absolute Gasteiger partial charge is 0.494 e. The van der Waals surface area contributed by atoms with E-state index in [1.54, 1.807) is 12.1 Å². The Labute approximate surface area is 267 Å². The summed E-state index contributed by atoms with van der Waals surface area (Å²) in [7, 11) is 0. The molecule has 0 bridgehead atoms. The molecule has 2 nitrogen and oxygen atoms in total. The fraction of sp³-hybridized carbons (Fsp3) is 0.812. The molecule has 1 aromatic rings. The van der Waals surface area contributed by atoms with Gasteiger partial charge in [-0.05, 0) is 55.2 Å². The lowest BCUT2D eigenvalue weighted by Gasteiger charge is -2.39. The standard InChI is InChI=1S/C32H45F13O2/c1-6-21(2)10-7-11-22(3)12-8-13-23(4)24(5)47-20-25-14-16-26(17-15-25)46-19-9-18-27(33,34)28(35,36)29(37,38)30(39,40)31(41,42)32(43,44)45/h14-17,21-24H,6-13,18-20H2,1-5H3/t21-,22+,23+,24-/m1/s1. The lowest BCUT2D eigenvalue weighted by molar-refractivity contribution is -0.440. The second-order valence-corrected chi connectivity index (χ2v) is 12.6. The molecule has 47 heavy (non-hydrogen) atoms. The predicted octanol–water partition coefficient (Wildman–Crippen LogP) is 12.1. The summed E-state index contributed by atoms with van der Waals surface area (Å²) >= 11 is 0. The fourth-order valence-corrected chi connectivity index (χ4v) is 4.70. The van der Waals surface area contributed by atoms with Gasteiger partial charge < -0.3 is 9.47 Å². The monoisotopic (exact) mass is 708 g/mol. The number of hydrogen-bond donors (Lipinski definition) is 0. The highest BCUT2D eigenvalue weighted by Crippen LogP contribution is 2.60. The fourth-order valence-electron chi connectivity index (χ4n) is 4.70. The van der Waals surface area contributed by atoms with Crippen molar-refractivity contribution in [2.45, 2.75) is 141 Å². The second kappa shape index (κ2) is 17.1. The summed E-state index contributed by atoms with van der Waals surface area (Å²) in [5.74, 6) is -35.0. The number of benzene rings is 1. The zero-order valence-corrected chi connectivity index (χ0v) is 27.1. The van der Waals surface area contributed by atoms with Crippen LogP contribution in [0.4, 0.5) is 57.1 Å². The molecule has 0 fully saturated rings. The van der Waals surface area contributed by atoms with Crippen LogP contribution in [0.3, 0.4) is 0 Å². The van der Waals surface area contributed by atoms with Gasteiger partial charge in [0.15, 0.2) is 0 Å². The molecule has 0 heterocycles. The molecule has 276 valence electrons. The predicted molar refractivity (Wildman–Crippen MR) is 152 cm³/mol. The van der Waals surface area contributed by atoms with E-state index in [1.807, 2.05) is 6.92 Å². The van der Waals surface area contributed by atoms with Crippen LogP contribution >= 0.6 is 0 Å². The average molecular weight is 709 g/mol. The topological polar surface area (TPSA) is 18.5 Å². The Morgan fingerprint density at radius 3 is 1.60 bits per heavy atom. The SMILES string of the molecule is CC[C@@H](C)CCC[C@H](C)CCC[C@H](C)[C@@H](C)OCc1ccc(OCCCC(F)(F)C(F)(F)C(F)(F)C(F)(F)C(F)(F)C(F)(F)F)cc1. The Balaban J connectivity index is 2.55. The van der Waals surface area contributed by atoms with Crippen LogP contribution in [0.1, 0.15) is 98.0 Å². The maximum atomic E-state index is 13.9. The van der Waals surface area contributed by atoms with Gasteiger partial charge in [-0.15, -0.1) is 0 Å². The number of alkyl halides is 13. The van der Waals surface area contributed by atoms with Gasteiger partial charge in [0, 0.05) is 6.42 Å². The van der Waals surface area contributed by atoms with E-state index in [9.17, 15) is 57.1 Å². The van der Waals surface area contributed by atoms with Crippen molar-refractivity contribution in [3.63, 3.8) is 0 Å². The third-order valence-corrected chi connectivity index (χ3v) is 8.59. The molecule has 0 aliphatic heterocycles. The number of halogens is 13. The van der Waals surface area contributed by atoms with Crippen molar-refractivity contribution in [2.24, 2.45) is 17.8 Å². The van der Waals surface area contributed by atoms with Gasteiger partial charge in [0.2, 0.25) is 0 Å². The average Bonchev–Trinajstić information content (AvgIpc) is 2.97. The summed E-state index contributed by atoms with van der Waals surface area (Å²) in [4.78, 5) is 0. The number of rotatable bonds is 22. The Morgan fingerprint density at radius 2 is 1.09 bits per heavy atom. The van der Waals surface area contributed by atoms with Crippen molar-refractivity contribution in [1.29, 1.82) is 0 Å². The van der Waals surface area contributed by atoms with Gasteiger partial charge in [-0.25, -0.2) is 0 Å². The molecule has 15 heteroatoms. The van der Waals surface area contributed by atoms with Crippen molar-refractivity contribution in [3.8, 4) is 5.75 Å². The maximum Gasteiger partial charge on any atom is 0.460 e. The van der Waals surface area contributed by atoms with E-state index in [1.165, 1.54) is 37.8 Å². The van der Waals surface area contributed by atoms with Gasteiger partial charge in [0.05, 0.1) is 19.3 Å². The first-order valence-electron chi connectivity index (χ1n) is 15.6. The van der Waals surface area contributed by atoms with E-state index in [2.05, 4.69) is 27.7 Å². The molecule has 0 unspecified atom stereocenters. The first-order valence-corrected chi connectivity index (χ1v) is 15.6. The second-order valence-electron chi connectivity index (χ2n) is 12.6. The Bertz CT molecular complexity index is 1040. The summed E-state index contributed by atoms with van der Waals surface area (Å²) < 4.78 is 183. The molecule has 4 atom stereocenters. The smallest absolute Gasteiger partial charge is 0.460 e. The van der Waals surface area contributed by atoms with Gasteiger partial charge in [0.25, 0.3) is 0 Å². The lowest BCUT2D eigenvalue weighted by atomic mass is 9.91. The van der Waals surface area contributed by atoms with Gasteiger partial charge in [0.1, 0.15) is 5.75 Å². The highest BCUT2D eigenvalue weighted by Gasteiger charge is 2.90. The van der Waals surface area contributed by atoms with Crippen LogP contribution in [0, 0.1) is 17.8 Å². The molecule has 0 radical (unpaired) electrons. The van der Waals surface area contributed by atoms with Crippen molar-refractivity contribution < 1.29 is 66.5 Å². The van der Waals surface area contributed by atoms with Crippen LogP contribution in [0.25, 0.3) is 0 Å². The van der Waals surface area contributed by atoms with E-state index in [0.29, 0.717) is 17.4 Å². The van der Waals surface area contributed by atoms with Crippen molar-refractivity contribution in [1.82, 2.24) is 0 Å². The van der Waals surface area contributed by atoms with Crippen LogP contribution in [-0.4, -0.2) is 48.5 Å². The van der Waals surface area contributed by atoms with Gasteiger partial charge in [-0.2, -0.15) is 57.1 Å². The number of ether oxygens (including phenoxy) is 2. The summed E-state index contributed by atoms with van der Waals surface area (Å²) in [6.45, 7) is 10.2. The molecule has 0 aliphatic carbocycles. The molecule has 0 aliphatic rings. The Kier molecular flexibility index (Phi) is 15.7. The number of hydrogen-bond acceptors (Lipinski definition) is 2. The Morgan fingerprint density at radius 1 is 0.596 bits per heavy atom. The van der Waals surface area contributed by atoms with Crippen LogP contribution in [-0.2, 0) is 11.3 Å². The normalized spacial score (nSPS) is 16.6. The minimum Gasteiger partial charge on any atom is -0.494 e. The quantitative estimate of drug-likeness (QED) is 0.0882. The minimum atomic E-state index is -7.89. The molecule has 1 rings (SSSR count). The zero-order valence-electron chi connectivity index (χ0n) is 27.1. The van der Waals surface area contributed by atoms with Crippen LogP contribution < -0.4 is 4.74 Å². The van der Waals surface area contributed by atoms with Gasteiger partial charge in [-0.3, -0.25) is 0 Å². The molecular weight excluding hydrogens is 663 g/mol. The molecular formula is C32H45F13O2. The van der Waals surface area contributed by atoms with Gasteiger partial charge >= 0.3 is 35.8 Å². The van der Waals surface area contributed by atoms with E-state index >= 15 is 0 Å². The minimum absolute atomic E-state index is 0.0326. The molecule has 1 aromatic carbocycles.